The largest absolute Gasteiger partial charge is 0.504 e. The monoisotopic (exact) mass is 221 g/mol. The zero-order valence-corrected chi connectivity index (χ0v) is 10.1. The maximum atomic E-state index is 10.2. The molecule has 3 N–H and O–H groups in total. The van der Waals surface area contributed by atoms with E-state index in [2.05, 4.69) is 0 Å². The minimum atomic E-state index is -0.0366. The van der Waals surface area contributed by atoms with Crippen molar-refractivity contribution in [2.45, 2.75) is 38.1 Å². The molecule has 2 rings (SSSR count). The molecule has 1 aromatic carbocycles. The second kappa shape index (κ2) is 3.67. The van der Waals surface area contributed by atoms with Crippen molar-refractivity contribution >= 4 is 0 Å². The van der Waals surface area contributed by atoms with Gasteiger partial charge in [-0.1, -0.05) is 12.1 Å². The number of benzene rings is 1. The molecule has 0 amide bonds. The van der Waals surface area contributed by atoms with Gasteiger partial charge in [0.15, 0.2) is 11.5 Å². The Morgan fingerprint density at radius 2 is 2.06 bits per heavy atom. The van der Waals surface area contributed by atoms with E-state index >= 15 is 0 Å². The lowest BCUT2D eigenvalue weighted by atomic mass is 9.88. The summed E-state index contributed by atoms with van der Waals surface area (Å²) in [5, 5.41) is 10.2. The molecule has 1 fully saturated rings. The fraction of sp³-hybridized carbons (Fsp3) is 0.538. The molecule has 0 saturated heterocycles. The van der Waals surface area contributed by atoms with Crippen LogP contribution in [0.5, 0.6) is 11.5 Å². The third-order valence-electron chi connectivity index (χ3n) is 3.73. The van der Waals surface area contributed by atoms with Crippen LogP contribution in [-0.2, 0) is 5.41 Å². The molecule has 0 heterocycles. The number of aryl methyl sites for hydroxylation is 1. The second-order valence-corrected chi connectivity index (χ2v) is 4.76. The zero-order valence-electron chi connectivity index (χ0n) is 10.1. The van der Waals surface area contributed by atoms with Gasteiger partial charge in [-0.2, -0.15) is 0 Å². The van der Waals surface area contributed by atoms with Crippen molar-refractivity contribution in [2.24, 2.45) is 5.73 Å². The van der Waals surface area contributed by atoms with Gasteiger partial charge < -0.3 is 15.6 Å². The first-order chi connectivity index (χ1) is 7.53. The molecule has 1 aromatic rings. The Morgan fingerprint density at radius 3 is 2.50 bits per heavy atom. The average Bonchev–Trinajstić information content (AvgIpc) is 2.99. The van der Waals surface area contributed by atoms with E-state index in [1.165, 1.54) is 0 Å². The van der Waals surface area contributed by atoms with E-state index in [0.29, 0.717) is 5.75 Å². The van der Waals surface area contributed by atoms with E-state index in [0.717, 1.165) is 24.0 Å². The van der Waals surface area contributed by atoms with E-state index in [9.17, 15) is 5.11 Å². The van der Waals surface area contributed by atoms with Gasteiger partial charge in [-0.05, 0) is 32.3 Å². The molecule has 0 spiro atoms. The summed E-state index contributed by atoms with van der Waals surface area (Å²) in [4.78, 5) is 0. The molecule has 1 saturated carbocycles. The number of phenolic OH excluding ortho intramolecular Hbond substituents is 1. The lowest BCUT2D eigenvalue weighted by Crippen LogP contribution is -2.31. The Labute approximate surface area is 96.2 Å². The van der Waals surface area contributed by atoms with Crippen LogP contribution in [0.15, 0.2) is 12.1 Å². The molecule has 16 heavy (non-hydrogen) atoms. The third kappa shape index (κ3) is 1.47. The number of hydrogen-bond acceptors (Lipinski definition) is 3. The number of phenols is 1. The molecule has 0 bridgehead atoms. The molecular formula is C13H19NO2. The zero-order chi connectivity index (χ0) is 11.9. The molecule has 0 aromatic heterocycles. The normalized spacial score (nSPS) is 19.2. The minimum absolute atomic E-state index is 0.0366. The maximum absolute atomic E-state index is 10.2. The van der Waals surface area contributed by atoms with E-state index in [4.69, 9.17) is 10.5 Å². The van der Waals surface area contributed by atoms with Gasteiger partial charge >= 0.3 is 0 Å². The quantitative estimate of drug-likeness (QED) is 0.821. The van der Waals surface area contributed by atoms with E-state index in [1.54, 1.807) is 7.11 Å². The molecule has 0 aliphatic heterocycles. The summed E-state index contributed by atoms with van der Waals surface area (Å²) in [7, 11) is 1.58. The Balaban J connectivity index is 2.51. The van der Waals surface area contributed by atoms with Gasteiger partial charge in [0.2, 0.25) is 0 Å². The molecule has 1 aliphatic carbocycles. The van der Waals surface area contributed by atoms with Crippen LogP contribution >= 0.6 is 0 Å². The van der Waals surface area contributed by atoms with Gasteiger partial charge in [-0.25, -0.2) is 0 Å². The summed E-state index contributed by atoms with van der Waals surface area (Å²) >= 11 is 0. The van der Waals surface area contributed by atoms with Gasteiger partial charge in [0.1, 0.15) is 0 Å². The smallest absolute Gasteiger partial charge is 0.163 e. The number of aromatic hydroxyl groups is 1. The first-order valence-corrected chi connectivity index (χ1v) is 5.65. The molecule has 1 aliphatic rings. The third-order valence-corrected chi connectivity index (χ3v) is 3.73. The van der Waals surface area contributed by atoms with Gasteiger partial charge in [0, 0.05) is 17.0 Å². The van der Waals surface area contributed by atoms with Crippen LogP contribution in [-0.4, -0.2) is 18.3 Å². The van der Waals surface area contributed by atoms with Crippen molar-refractivity contribution < 1.29 is 9.84 Å². The van der Waals surface area contributed by atoms with Crippen LogP contribution in [0.3, 0.4) is 0 Å². The number of methoxy groups -OCH3 is 1. The van der Waals surface area contributed by atoms with Crippen LogP contribution in [0.2, 0.25) is 0 Å². The van der Waals surface area contributed by atoms with Gasteiger partial charge in [0.05, 0.1) is 7.11 Å². The summed E-state index contributed by atoms with van der Waals surface area (Å²) in [5.74, 6) is 0.835. The lowest BCUT2D eigenvalue weighted by Gasteiger charge is -2.22. The van der Waals surface area contributed by atoms with E-state index in [1.807, 2.05) is 26.0 Å². The van der Waals surface area contributed by atoms with Crippen molar-refractivity contribution in [3.05, 3.63) is 23.3 Å². The number of nitrogens with two attached hydrogens (primary N) is 1. The Hall–Kier alpha value is -1.22. The lowest BCUT2D eigenvalue weighted by molar-refractivity contribution is 0.362. The minimum Gasteiger partial charge on any atom is -0.504 e. The SMILES string of the molecule is COc1c(C)ccc(C2(C(C)N)CC2)c1O. The van der Waals surface area contributed by atoms with Crippen LogP contribution in [0.25, 0.3) is 0 Å². The van der Waals surface area contributed by atoms with Gasteiger partial charge in [-0.15, -0.1) is 0 Å². The molecular weight excluding hydrogens is 202 g/mol. The van der Waals surface area contributed by atoms with Gasteiger partial charge in [-0.3, -0.25) is 0 Å². The van der Waals surface area contributed by atoms with Gasteiger partial charge in [0.25, 0.3) is 0 Å². The molecule has 3 heteroatoms. The summed E-state index contributed by atoms with van der Waals surface area (Å²) in [6.45, 7) is 3.92. The Kier molecular flexibility index (Phi) is 2.58. The molecule has 1 unspecified atom stereocenters. The Bertz CT molecular complexity index is 409. The van der Waals surface area contributed by atoms with Crippen LogP contribution in [0, 0.1) is 6.92 Å². The van der Waals surface area contributed by atoms with E-state index in [-0.39, 0.29) is 17.2 Å². The topological polar surface area (TPSA) is 55.5 Å². The highest BCUT2D eigenvalue weighted by Crippen LogP contribution is 2.54. The average molecular weight is 221 g/mol. The maximum Gasteiger partial charge on any atom is 0.163 e. The summed E-state index contributed by atoms with van der Waals surface area (Å²) < 4.78 is 5.23. The van der Waals surface area contributed by atoms with Crippen LogP contribution < -0.4 is 10.5 Å². The predicted molar refractivity (Wildman–Crippen MR) is 64.0 cm³/mol. The summed E-state index contributed by atoms with van der Waals surface area (Å²) in [6, 6.07) is 4.02. The first-order valence-electron chi connectivity index (χ1n) is 5.65. The highest BCUT2D eigenvalue weighted by atomic mass is 16.5. The summed E-state index contributed by atoms with van der Waals surface area (Å²) in [5.41, 5.74) is 7.86. The fourth-order valence-corrected chi connectivity index (χ4v) is 2.44. The standard InChI is InChI=1S/C13H19NO2/c1-8-4-5-10(11(15)12(8)16-3)13(6-7-13)9(2)14/h4-5,9,15H,6-7,14H2,1-3H3. The van der Waals surface area contributed by atoms with E-state index < -0.39 is 0 Å². The number of hydrogen-bond donors (Lipinski definition) is 2. The summed E-state index contributed by atoms with van der Waals surface area (Å²) in [6.07, 6.45) is 2.09. The molecule has 88 valence electrons. The highest BCUT2D eigenvalue weighted by Gasteiger charge is 2.49. The molecule has 1 atom stereocenters. The Morgan fingerprint density at radius 1 is 1.44 bits per heavy atom. The van der Waals surface area contributed by atoms with Crippen molar-refractivity contribution in [1.82, 2.24) is 0 Å². The molecule has 0 radical (unpaired) electrons. The van der Waals surface area contributed by atoms with Crippen molar-refractivity contribution in [3.63, 3.8) is 0 Å². The van der Waals surface area contributed by atoms with Crippen LogP contribution in [0.1, 0.15) is 30.9 Å². The fourth-order valence-electron chi connectivity index (χ4n) is 2.44. The predicted octanol–water partition coefficient (Wildman–Crippen LogP) is 2.09. The second-order valence-electron chi connectivity index (χ2n) is 4.76. The number of ether oxygens (including phenoxy) is 1. The highest BCUT2D eigenvalue weighted by molar-refractivity contribution is 5.55. The molecule has 3 nitrogen and oxygen atoms in total. The van der Waals surface area contributed by atoms with Crippen LogP contribution in [0.4, 0.5) is 0 Å². The van der Waals surface area contributed by atoms with Crippen molar-refractivity contribution in [1.29, 1.82) is 0 Å². The van der Waals surface area contributed by atoms with Crippen molar-refractivity contribution in [2.75, 3.05) is 7.11 Å². The first kappa shape index (κ1) is 11.3. The number of rotatable bonds is 3. The van der Waals surface area contributed by atoms with Crippen molar-refractivity contribution in [3.8, 4) is 11.5 Å².